The first-order valence-electron chi connectivity index (χ1n) is 9.08. The smallest absolute Gasteiger partial charge is 0.410 e. The molecule has 2 atom stereocenters. The van der Waals surface area contributed by atoms with Crippen molar-refractivity contribution < 1.29 is 14.3 Å². The summed E-state index contributed by atoms with van der Waals surface area (Å²) in [6, 6.07) is 10.3. The summed E-state index contributed by atoms with van der Waals surface area (Å²) in [7, 11) is 0. The van der Waals surface area contributed by atoms with Crippen molar-refractivity contribution in [3.8, 4) is 0 Å². The van der Waals surface area contributed by atoms with Crippen molar-refractivity contribution >= 4 is 11.9 Å². The molecule has 136 valence electrons. The molecule has 25 heavy (non-hydrogen) atoms. The predicted octanol–water partition coefficient (Wildman–Crippen LogP) is 3.09. The Morgan fingerprint density at radius 2 is 1.84 bits per heavy atom. The molecule has 2 fully saturated rings. The van der Waals surface area contributed by atoms with Crippen LogP contribution >= 0.6 is 0 Å². The van der Waals surface area contributed by atoms with E-state index in [0.29, 0.717) is 19.4 Å². The Kier molecular flexibility index (Phi) is 5.13. The number of benzene rings is 1. The third-order valence-electron chi connectivity index (χ3n) is 4.74. The summed E-state index contributed by atoms with van der Waals surface area (Å²) in [5.74, 6) is 0.441. The van der Waals surface area contributed by atoms with Crippen molar-refractivity contribution in [3.05, 3.63) is 35.9 Å². The van der Waals surface area contributed by atoms with Gasteiger partial charge in [-0.05, 0) is 32.3 Å². The normalized spacial score (nSPS) is 24.8. The second-order valence-corrected chi connectivity index (χ2v) is 8.28. The minimum absolute atomic E-state index is 0.0986. The van der Waals surface area contributed by atoms with Gasteiger partial charge in [-0.25, -0.2) is 4.79 Å². The molecule has 0 saturated carbocycles. The minimum atomic E-state index is -0.523. The van der Waals surface area contributed by atoms with E-state index in [1.807, 2.05) is 39.0 Å². The van der Waals surface area contributed by atoms with Gasteiger partial charge in [0.2, 0.25) is 0 Å². The van der Waals surface area contributed by atoms with Crippen LogP contribution < -0.4 is 0 Å². The lowest BCUT2D eigenvalue weighted by Gasteiger charge is -2.32. The number of hydrogen-bond donors (Lipinski definition) is 0. The van der Waals surface area contributed by atoms with Crippen molar-refractivity contribution in [1.82, 2.24) is 9.80 Å². The molecule has 1 amide bonds. The number of ether oxygens (including phenoxy) is 1. The van der Waals surface area contributed by atoms with Crippen molar-refractivity contribution in [2.24, 2.45) is 5.92 Å². The summed E-state index contributed by atoms with van der Waals surface area (Å²) in [4.78, 5) is 29.0. The first kappa shape index (κ1) is 17.9. The highest BCUT2D eigenvalue weighted by atomic mass is 16.6. The summed E-state index contributed by atoms with van der Waals surface area (Å²) in [6.07, 6.45) is 0.695. The Morgan fingerprint density at radius 1 is 1.12 bits per heavy atom. The second kappa shape index (κ2) is 7.16. The van der Waals surface area contributed by atoms with Crippen LogP contribution in [0.4, 0.5) is 4.79 Å². The average molecular weight is 344 g/mol. The molecule has 2 saturated heterocycles. The molecule has 0 radical (unpaired) electrons. The summed E-state index contributed by atoms with van der Waals surface area (Å²) in [6.45, 7) is 8.65. The van der Waals surface area contributed by atoms with Crippen LogP contribution in [0.1, 0.15) is 39.2 Å². The molecule has 1 aromatic carbocycles. The Hall–Kier alpha value is -1.88. The number of ketones is 1. The van der Waals surface area contributed by atoms with Gasteiger partial charge >= 0.3 is 6.09 Å². The van der Waals surface area contributed by atoms with Crippen LogP contribution in [0.3, 0.4) is 0 Å². The van der Waals surface area contributed by atoms with Crippen LogP contribution in [0.2, 0.25) is 0 Å². The average Bonchev–Trinajstić information content (AvgIpc) is 2.74. The van der Waals surface area contributed by atoms with Crippen molar-refractivity contribution in [2.45, 2.75) is 51.8 Å². The lowest BCUT2D eigenvalue weighted by molar-refractivity contribution is -0.120. The fourth-order valence-corrected chi connectivity index (χ4v) is 3.81. The maximum atomic E-state index is 12.7. The highest BCUT2D eigenvalue weighted by Crippen LogP contribution is 2.27. The Balaban J connectivity index is 1.76. The highest BCUT2D eigenvalue weighted by molar-refractivity contribution is 5.81. The van der Waals surface area contributed by atoms with E-state index in [1.54, 1.807) is 4.90 Å². The number of fused-ring (bicyclic) bond motifs is 3. The third-order valence-corrected chi connectivity index (χ3v) is 4.74. The van der Waals surface area contributed by atoms with Gasteiger partial charge in [0.15, 0.2) is 0 Å². The van der Waals surface area contributed by atoms with E-state index in [-0.39, 0.29) is 23.8 Å². The van der Waals surface area contributed by atoms with Crippen LogP contribution in [0, 0.1) is 5.92 Å². The van der Waals surface area contributed by atoms with Crippen LogP contribution in [-0.2, 0) is 16.1 Å². The van der Waals surface area contributed by atoms with E-state index in [1.165, 1.54) is 5.56 Å². The van der Waals surface area contributed by atoms with Crippen LogP contribution in [0.25, 0.3) is 0 Å². The minimum Gasteiger partial charge on any atom is -0.444 e. The molecule has 1 aromatic rings. The number of rotatable bonds is 2. The van der Waals surface area contributed by atoms with Gasteiger partial charge in [-0.3, -0.25) is 9.69 Å². The van der Waals surface area contributed by atoms with Gasteiger partial charge in [0.05, 0.1) is 6.04 Å². The summed E-state index contributed by atoms with van der Waals surface area (Å²) in [5, 5.41) is 0. The molecule has 2 bridgehead atoms. The first-order chi connectivity index (χ1) is 11.8. The molecule has 0 N–H and O–H groups in total. The fraction of sp³-hybridized carbons (Fsp3) is 0.600. The third kappa shape index (κ3) is 4.82. The molecule has 2 aliphatic heterocycles. The van der Waals surface area contributed by atoms with Crippen LogP contribution in [-0.4, -0.2) is 53.0 Å². The molecule has 5 heteroatoms. The Labute approximate surface area is 149 Å². The zero-order chi connectivity index (χ0) is 18.0. The predicted molar refractivity (Wildman–Crippen MR) is 96.2 cm³/mol. The largest absolute Gasteiger partial charge is 0.444 e. The molecule has 0 spiro atoms. The van der Waals surface area contributed by atoms with Crippen molar-refractivity contribution in [2.75, 3.05) is 19.6 Å². The number of amides is 1. The number of hydrogen-bond acceptors (Lipinski definition) is 4. The number of likely N-dealkylation sites (tertiary alicyclic amines) is 1. The van der Waals surface area contributed by atoms with E-state index in [9.17, 15) is 9.59 Å². The van der Waals surface area contributed by atoms with E-state index in [0.717, 1.165) is 19.6 Å². The molecular weight excluding hydrogens is 316 g/mol. The molecular formula is C20H28N2O3. The van der Waals surface area contributed by atoms with Crippen LogP contribution in [0.5, 0.6) is 0 Å². The van der Waals surface area contributed by atoms with E-state index in [2.05, 4.69) is 17.0 Å². The van der Waals surface area contributed by atoms with Gasteiger partial charge in [-0.1, -0.05) is 30.3 Å². The van der Waals surface area contributed by atoms with Gasteiger partial charge < -0.3 is 9.64 Å². The number of nitrogens with zero attached hydrogens (tertiary/aromatic N) is 2. The van der Waals surface area contributed by atoms with Gasteiger partial charge in [0, 0.05) is 39.0 Å². The van der Waals surface area contributed by atoms with Gasteiger partial charge in [-0.2, -0.15) is 0 Å². The Bertz CT molecular complexity index is 624. The number of Topliss-reactive ketones (excluding diaryl/α,β-unsaturated/α-hetero) is 1. The van der Waals surface area contributed by atoms with E-state index < -0.39 is 5.60 Å². The zero-order valence-electron chi connectivity index (χ0n) is 15.4. The van der Waals surface area contributed by atoms with E-state index in [4.69, 9.17) is 4.74 Å². The topological polar surface area (TPSA) is 49.9 Å². The first-order valence-corrected chi connectivity index (χ1v) is 9.08. The zero-order valence-corrected chi connectivity index (χ0v) is 15.4. The molecule has 0 aromatic heterocycles. The van der Waals surface area contributed by atoms with Gasteiger partial charge in [-0.15, -0.1) is 0 Å². The quantitative estimate of drug-likeness (QED) is 0.827. The molecule has 5 nitrogen and oxygen atoms in total. The molecule has 2 aliphatic rings. The lowest BCUT2D eigenvalue weighted by atomic mass is 9.98. The van der Waals surface area contributed by atoms with Gasteiger partial charge in [0.25, 0.3) is 0 Å². The molecule has 2 unspecified atom stereocenters. The number of carbonyl (C=O) groups is 2. The summed E-state index contributed by atoms with van der Waals surface area (Å²) < 4.78 is 5.59. The standard InChI is InChI=1S/C20H28N2O3/c1-20(2,3)25-19(24)22-13-16-9-18(23)10-17(22)14-21(12-16)11-15-7-5-4-6-8-15/h4-8,16-17H,9-14H2,1-3H3. The molecule has 3 rings (SSSR count). The second-order valence-electron chi connectivity index (χ2n) is 8.28. The summed E-state index contributed by atoms with van der Waals surface area (Å²) in [5.41, 5.74) is 0.739. The highest BCUT2D eigenvalue weighted by Gasteiger charge is 2.39. The maximum Gasteiger partial charge on any atom is 0.410 e. The lowest BCUT2D eigenvalue weighted by Crippen LogP contribution is -2.46. The fourth-order valence-electron chi connectivity index (χ4n) is 3.81. The van der Waals surface area contributed by atoms with E-state index >= 15 is 0 Å². The van der Waals surface area contributed by atoms with Crippen molar-refractivity contribution in [1.29, 1.82) is 0 Å². The molecule has 0 aliphatic carbocycles. The number of carbonyl (C=O) groups excluding carboxylic acids is 2. The van der Waals surface area contributed by atoms with Gasteiger partial charge in [0.1, 0.15) is 11.4 Å². The van der Waals surface area contributed by atoms with Crippen molar-refractivity contribution in [3.63, 3.8) is 0 Å². The Morgan fingerprint density at radius 3 is 2.52 bits per heavy atom. The summed E-state index contributed by atoms with van der Waals surface area (Å²) >= 11 is 0. The maximum absolute atomic E-state index is 12.7. The SMILES string of the molecule is CC(C)(C)OC(=O)N1CC2CC(=O)CC1CN(Cc1ccccc1)C2. The van der Waals surface area contributed by atoms with Crippen LogP contribution in [0.15, 0.2) is 30.3 Å². The molecule has 2 heterocycles. The monoisotopic (exact) mass is 344 g/mol.